The molecule has 2 amide bonds. The summed E-state index contributed by atoms with van der Waals surface area (Å²) in [5.74, 6) is 1.32. The van der Waals surface area contributed by atoms with Crippen LogP contribution in [0.15, 0.2) is 60.7 Å². The maximum Gasteiger partial charge on any atom is 0.264 e. The number of carbonyl (C=O) groups excluding carboxylic acids is 2. The van der Waals surface area contributed by atoms with E-state index in [-0.39, 0.29) is 17.0 Å². The highest BCUT2D eigenvalue weighted by molar-refractivity contribution is 7.98. The Morgan fingerprint density at radius 2 is 0.931 bits per heavy atom. The lowest BCUT2D eigenvalue weighted by Crippen LogP contribution is -2.33. The number of likely N-dealkylation sites (tertiary alicyclic amines) is 2. The summed E-state index contributed by atoms with van der Waals surface area (Å²) >= 11 is 27.1. The van der Waals surface area contributed by atoms with Crippen LogP contribution in [0.5, 0.6) is 11.5 Å². The maximum atomic E-state index is 14.8. The maximum absolute atomic E-state index is 14.8. The minimum Gasteiger partial charge on any atom is -0.493 e. The van der Waals surface area contributed by atoms with Crippen molar-refractivity contribution in [2.24, 2.45) is 11.8 Å². The van der Waals surface area contributed by atoms with Crippen molar-refractivity contribution in [1.29, 1.82) is 0 Å². The first-order valence-corrected chi connectivity index (χ1v) is 29.6. The third-order valence-electron chi connectivity index (χ3n) is 13.4. The monoisotopic (exact) mass is 1110 g/mol. The van der Waals surface area contributed by atoms with E-state index in [0.29, 0.717) is 73.7 Å². The molecule has 0 radical (unpaired) electrons. The first kappa shape index (κ1) is 58.3. The first-order chi connectivity index (χ1) is 34.9. The van der Waals surface area contributed by atoms with Gasteiger partial charge in [-0.15, -0.1) is 0 Å². The molecule has 3 saturated carbocycles. The molecule has 0 aromatic heterocycles. The predicted octanol–water partition coefficient (Wildman–Crippen LogP) is 16.0. The number of rotatable bonds is 19. The molecule has 4 aromatic carbocycles. The summed E-state index contributed by atoms with van der Waals surface area (Å²) in [7, 11) is 0. The fraction of sp³-hybridized carbons (Fsp3) is 0.536. The van der Waals surface area contributed by atoms with E-state index in [9.17, 15) is 18.4 Å². The quantitative estimate of drug-likeness (QED) is 0.0899. The molecule has 0 unspecified atom stereocenters. The minimum absolute atomic E-state index is 0.0898. The number of carbonyl (C=O) groups is 2. The van der Waals surface area contributed by atoms with Crippen molar-refractivity contribution >= 4 is 82.1 Å². The largest absolute Gasteiger partial charge is 0.493 e. The van der Waals surface area contributed by atoms with Crippen LogP contribution in [0.3, 0.4) is 0 Å². The third-order valence-corrected chi connectivity index (χ3v) is 15.8. The highest BCUT2D eigenvalue weighted by Crippen LogP contribution is 2.46. The fourth-order valence-corrected chi connectivity index (χ4v) is 11.3. The predicted molar refractivity (Wildman–Crippen MR) is 298 cm³/mol. The van der Waals surface area contributed by atoms with Gasteiger partial charge in [-0.05, 0) is 210 Å². The summed E-state index contributed by atoms with van der Waals surface area (Å²) in [5, 5.41) is 3.17. The van der Waals surface area contributed by atoms with Crippen LogP contribution in [0.2, 0.25) is 20.1 Å². The molecule has 4 aromatic rings. The Kier molecular flexibility index (Phi) is 23.8. The van der Waals surface area contributed by atoms with Gasteiger partial charge in [-0.2, -0.15) is 0 Å². The molecule has 2 N–H and O–H groups in total. The van der Waals surface area contributed by atoms with Crippen molar-refractivity contribution in [1.82, 2.24) is 19.2 Å². The molecule has 5 aliphatic rings. The zero-order chi connectivity index (χ0) is 51.7. The molecule has 5 fully saturated rings. The van der Waals surface area contributed by atoms with Crippen LogP contribution in [0.25, 0.3) is 0 Å². The SMILES string of the molecule is CC.CC.CSNC(=O)c1cc(C2CC2)c(OCCC2CCN(Cc3cc(Cl)cc(Cl)c3)CC2)cc1F.O=C(NSC1CC1)c1cc(C2CC2)c(OCCC2CCN(Cc3cc(Cl)cc(Cl)c3)CC2)cc1F. The topological polar surface area (TPSA) is 83.1 Å². The standard InChI is InChI=1S/C27H31Cl2FN2O2S.C25H29Cl2FN2O2S.2C2H6/c28-20-11-18(12-21(29)13-20)16-32-8-5-17(6-9-32)7-10-34-26-15-25(30)24(14-23(26)19-1-2-19)27(33)31-35-22-3-4-22;1-33-29-25(31)22-13-21(18-2-3-18)24(14-23(22)28)32-9-6-16-4-7-30(8-5-16)15-17-10-19(26)12-20(27)11-17;2*1-2/h11-15,17,19,22H,1-10,16H2,(H,31,33);10-14,16,18H,2-9,15H2,1H3,(H,29,31);2*1-2H3. The van der Waals surface area contributed by atoms with Crippen molar-refractivity contribution in [3.8, 4) is 11.5 Å². The minimum atomic E-state index is -0.532. The Morgan fingerprint density at radius 1 is 0.556 bits per heavy atom. The van der Waals surface area contributed by atoms with Crippen LogP contribution >= 0.6 is 70.3 Å². The number of nitrogens with one attached hydrogen (secondary N) is 2. The molecule has 0 bridgehead atoms. The zero-order valence-electron chi connectivity index (χ0n) is 42.4. The lowest BCUT2D eigenvalue weighted by Gasteiger charge is -2.32. The lowest BCUT2D eigenvalue weighted by atomic mass is 9.93. The van der Waals surface area contributed by atoms with E-state index in [0.717, 1.165) is 139 Å². The first-order valence-electron chi connectivity index (χ1n) is 25.9. The van der Waals surface area contributed by atoms with Crippen LogP contribution in [0, 0.1) is 23.5 Å². The number of ether oxygens (including phenoxy) is 2. The van der Waals surface area contributed by atoms with Crippen LogP contribution in [0.1, 0.15) is 160 Å². The second-order valence-electron chi connectivity index (χ2n) is 18.9. The molecule has 72 heavy (non-hydrogen) atoms. The Balaban J connectivity index is 0.000000221. The molecule has 3 aliphatic carbocycles. The highest BCUT2D eigenvalue weighted by atomic mass is 35.5. The third kappa shape index (κ3) is 18.4. The van der Waals surface area contributed by atoms with Crippen LogP contribution in [0.4, 0.5) is 8.78 Å². The number of halogens is 6. The van der Waals surface area contributed by atoms with Crippen molar-refractivity contribution in [3.63, 3.8) is 0 Å². The average Bonchev–Trinajstić information content (AvgIpc) is 4.19. The smallest absolute Gasteiger partial charge is 0.264 e. The summed E-state index contributed by atoms with van der Waals surface area (Å²) in [4.78, 5) is 29.5. The summed E-state index contributed by atoms with van der Waals surface area (Å²) in [6, 6.07) is 17.6. The van der Waals surface area contributed by atoms with Gasteiger partial charge in [0, 0.05) is 56.8 Å². The van der Waals surface area contributed by atoms with Crippen molar-refractivity contribution in [3.05, 3.63) is 126 Å². The Morgan fingerprint density at radius 3 is 1.28 bits per heavy atom. The van der Waals surface area contributed by atoms with Gasteiger partial charge in [-0.1, -0.05) is 86.0 Å². The number of hydrogen-bond donors (Lipinski definition) is 2. The molecule has 2 heterocycles. The molecule has 0 atom stereocenters. The van der Waals surface area contributed by atoms with E-state index in [2.05, 4.69) is 19.2 Å². The van der Waals surface area contributed by atoms with E-state index in [1.807, 2.05) is 52.0 Å². The van der Waals surface area contributed by atoms with E-state index in [1.165, 1.54) is 36.0 Å². The van der Waals surface area contributed by atoms with Crippen molar-refractivity contribution in [2.75, 3.05) is 45.6 Å². The van der Waals surface area contributed by atoms with E-state index < -0.39 is 17.5 Å². The molecule has 2 saturated heterocycles. The number of benzene rings is 4. The van der Waals surface area contributed by atoms with Gasteiger partial charge >= 0.3 is 0 Å². The van der Waals surface area contributed by atoms with Gasteiger partial charge in [0.05, 0.1) is 24.3 Å². The molecular weight excluding hydrogens is 1040 g/mol. The van der Waals surface area contributed by atoms with Crippen molar-refractivity contribution in [2.45, 2.75) is 135 Å². The Hall–Kier alpha value is -2.94. The zero-order valence-corrected chi connectivity index (χ0v) is 47.1. The van der Waals surface area contributed by atoms with E-state index in [4.69, 9.17) is 55.9 Å². The number of amides is 2. The lowest BCUT2D eigenvalue weighted by molar-refractivity contribution is 0.0971. The Bertz CT molecular complexity index is 2350. The molecule has 8 nitrogen and oxygen atoms in total. The van der Waals surface area contributed by atoms with Crippen LogP contribution < -0.4 is 18.9 Å². The second-order valence-corrected chi connectivity index (χ2v) is 22.4. The van der Waals surface area contributed by atoms with Gasteiger partial charge in [-0.25, -0.2) is 8.78 Å². The normalized spacial score (nSPS) is 17.3. The summed E-state index contributed by atoms with van der Waals surface area (Å²) < 4.78 is 46.9. The molecule has 0 spiro atoms. The number of hydrogen-bond acceptors (Lipinski definition) is 8. The molecule has 16 heteroatoms. The van der Waals surface area contributed by atoms with Crippen LogP contribution in [-0.4, -0.2) is 72.5 Å². The molecule has 2 aliphatic heterocycles. The average molecular weight is 1110 g/mol. The molecular formula is C56H72Cl4F2N4O4S2. The number of piperidine rings is 2. The van der Waals surface area contributed by atoms with Crippen LogP contribution in [-0.2, 0) is 13.1 Å². The fourth-order valence-electron chi connectivity index (χ4n) is 9.15. The summed E-state index contributed by atoms with van der Waals surface area (Å²) in [6.07, 6.45) is 14.5. The molecule has 394 valence electrons. The highest BCUT2D eigenvalue weighted by Gasteiger charge is 2.32. The van der Waals surface area contributed by atoms with Gasteiger partial charge in [0.2, 0.25) is 0 Å². The Labute approximate surface area is 455 Å². The number of nitrogens with zero attached hydrogens (tertiary/aromatic N) is 2. The van der Waals surface area contributed by atoms with Gasteiger partial charge in [0.1, 0.15) is 23.1 Å². The molecule has 9 rings (SSSR count). The van der Waals surface area contributed by atoms with Crippen molar-refractivity contribution < 1.29 is 27.8 Å². The van der Waals surface area contributed by atoms with E-state index >= 15 is 0 Å². The summed E-state index contributed by atoms with van der Waals surface area (Å²) in [6.45, 7) is 14.9. The van der Waals surface area contributed by atoms with Gasteiger partial charge < -0.3 is 9.47 Å². The van der Waals surface area contributed by atoms with Gasteiger partial charge in [0.25, 0.3) is 11.8 Å². The second kappa shape index (κ2) is 29.4. The van der Waals surface area contributed by atoms with Gasteiger partial charge in [-0.3, -0.25) is 28.8 Å². The van der Waals surface area contributed by atoms with Gasteiger partial charge in [0.15, 0.2) is 0 Å². The summed E-state index contributed by atoms with van der Waals surface area (Å²) in [5.41, 5.74) is 4.43. The van der Waals surface area contributed by atoms with E-state index in [1.54, 1.807) is 30.5 Å².